The second-order valence-corrected chi connectivity index (χ2v) is 9.95. The molecule has 0 unspecified atom stereocenters. The summed E-state index contributed by atoms with van der Waals surface area (Å²) in [6, 6.07) is 0. The maximum atomic E-state index is 12.5. The van der Waals surface area contributed by atoms with Crippen molar-refractivity contribution in [1.82, 2.24) is 0 Å². The molecule has 0 amide bonds. The van der Waals surface area contributed by atoms with Gasteiger partial charge in [0.1, 0.15) is 0 Å². The summed E-state index contributed by atoms with van der Waals surface area (Å²) in [4.78, 5) is 11.5. The Morgan fingerprint density at radius 2 is 1.13 bits per heavy atom. The molecule has 0 heterocycles. The lowest BCUT2D eigenvalue weighted by Gasteiger charge is -2.26. The maximum absolute atomic E-state index is 12.5. The molecule has 0 aliphatic heterocycles. The number of carbonyl (C=O) groups is 1. The number of carboxylic acids is 1. The molecule has 0 aliphatic carbocycles. The predicted octanol–water partition coefficient (Wildman–Crippen LogP) is 6.97. The van der Waals surface area contributed by atoms with E-state index in [0.29, 0.717) is 6.42 Å². The number of unbranched alkanes of at least 4 members (excludes halogenated alkanes) is 2. The van der Waals surface area contributed by atoms with E-state index in [0.717, 1.165) is 44.9 Å². The molecule has 0 atom stereocenters. The third-order valence-electron chi connectivity index (χ3n) is 5.32. The van der Waals surface area contributed by atoms with E-state index in [9.17, 15) is 18.3 Å². The zero-order valence-electron chi connectivity index (χ0n) is 19.6. The molecule has 0 aliphatic rings. The van der Waals surface area contributed by atoms with Gasteiger partial charge in [-0.25, -0.2) is 8.42 Å². The highest BCUT2D eigenvalue weighted by molar-refractivity contribution is 7.93. The number of sulfone groups is 1. The van der Waals surface area contributed by atoms with Crippen molar-refractivity contribution in [3.63, 3.8) is 0 Å². The first-order chi connectivity index (χ1) is 14.9. The maximum Gasteiger partial charge on any atom is 0.325 e. The fourth-order valence-electron chi connectivity index (χ4n) is 3.24. The van der Waals surface area contributed by atoms with Gasteiger partial charge in [-0.2, -0.15) is 0 Å². The Kier molecular flexibility index (Phi) is 16.7. The Labute approximate surface area is 190 Å². The molecule has 0 fully saturated rings. The van der Waals surface area contributed by atoms with Gasteiger partial charge >= 0.3 is 5.97 Å². The van der Waals surface area contributed by atoms with Gasteiger partial charge in [-0.1, -0.05) is 81.5 Å². The molecule has 0 aromatic heterocycles. The molecular formula is C26H42O4S. The highest BCUT2D eigenvalue weighted by Crippen LogP contribution is 2.28. The molecule has 0 rings (SSSR count). The summed E-state index contributed by atoms with van der Waals surface area (Å²) in [5, 5.41) is 9.40. The molecule has 4 nitrogen and oxygen atoms in total. The van der Waals surface area contributed by atoms with Crippen molar-refractivity contribution in [2.24, 2.45) is 0 Å². The van der Waals surface area contributed by atoms with Crippen molar-refractivity contribution in [2.45, 2.75) is 89.7 Å². The van der Waals surface area contributed by atoms with Gasteiger partial charge < -0.3 is 5.11 Å². The summed E-state index contributed by atoms with van der Waals surface area (Å²) in [5.74, 6) is -1.29. The molecule has 0 aromatic rings. The highest BCUT2D eigenvalue weighted by Gasteiger charge is 2.47. The van der Waals surface area contributed by atoms with Crippen molar-refractivity contribution in [1.29, 1.82) is 0 Å². The van der Waals surface area contributed by atoms with Crippen LogP contribution in [0.15, 0.2) is 60.8 Å². The van der Waals surface area contributed by atoms with Gasteiger partial charge in [0.15, 0.2) is 14.6 Å². The lowest BCUT2D eigenvalue weighted by atomic mass is 10.0. The number of carboxylic acid groups (broad SMARTS) is 1. The van der Waals surface area contributed by atoms with E-state index in [1.165, 1.54) is 0 Å². The molecule has 0 saturated carbocycles. The Hall–Kier alpha value is -1.88. The monoisotopic (exact) mass is 450 g/mol. The number of allylic oxidation sites excluding steroid dienone is 10. The van der Waals surface area contributed by atoms with Crippen LogP contribution in [0.25, 0.3) is 0 Å². The lowest BCUT2D eigenvalue weighted by molar-refractivity contribution is -0.140. The summed E-state index contributed by atoms with van der Waals surface area (Å²) in [6.45, 7) is 5.40. The standard InChI is InChI=1S/C26H42O4S/c1-4-7-8-9-10-11-12-13-14-15-16-17-18-19-20-21-22-23-24-31(29,30)26(5-2,6-3)25(27)28/h7-8,10-11,13-14,16-17,19-20H,4-6,9,12,15,18,21-24H2,1-3H3,(H,27,28)/b8-7-,11-10-,14-13-,17-16-,20-19-. The predicted molar refractivity (Wildman–Crippen MR) is 133 cm³/mol. The number of rotatable bonds is 18. The molecule has 0 bridgehead atoms. The van der Waals surface area contributed by atoms with Crippen LogP contribution in [-0.4, -0.2) is 30.0 Å². The van der Waals surface area contributed by atoms with Crippen molar-refractivity contribution in [3.05, 3.63) is 60.8 Å². The first-order valence-electron chi connectivity index (χ1n) is 11.6. The first kappa shape index (κ1) is 29.1. The fourth-order valence-corrected chi connectivity index (χ4v) is 5.36. The normalized spacial score (nSPS) is 13.6. The lowest BCUT2D eigenvalue weighted by Crippen LogP contribution is -2.46. The van der Waals surface area contributed by atoms with Crippen LogP contribution in [0.5, 0.6) is 0 Å². The Bertz CT molecular complexity index is 721. The van der Waals surface area contributed by atoms with E-state index < -0.39 is 20.6 Å². The number of aliphatic carboxylic acids is 1. The van der Waals surface area contributed by atoms with Gasteiger partial charge in [0.2, 0.25) is 0 Å². The van der Waals surface area contributed by atoms with E-state index >= 15 is 0 Å². The van der Waals surface area contributed by atoms with Gasteiger partial charge in [-0.15, -0.1) is 0 Å². The molecule has 0 spiro atoms. The average molecular weight is 451 g/mol. The average Bonchev–Trinajstić information content (AvgIpc) is 2.73. The van der Waals surface area contributed by atoms with Gasteiger partial charge in [0, 0.05) is 0 Å². The molecule has 176 valence electrons. The van der Waals surface area contributed by atoms with Crippen molar-refractivity contribution >= 4 is 15.8 Å². The first-order valence-corrected chi connectivity index (χ1v) is 13.2. The van der Waals surface area contributed by atoms with E-state index in [-0.39, 0.29) is 18.6 Å². The summed E-state index contributed by atoms with van der Waals surface area (Å²) in [7, 11) is -3.65. The Morgan fingerprint density at radius 3 is 1.52 bits per heavy atom. The fraction of sp³-hybridized carbons (Fsp3) is 0.577. The van der Waals surface area contributed by atoms with Gasteiger partial charge in [-0.05, 0) is 64.2 Å². The molecule has 0 saturated heterocycles. The van der Waals surface area contributed by atoms with Crippen LogP contribution >= 0.6 is 0 Å². The summed E-state index contributed by atoms with van der Waals surface area (Å²) >= 11 is 0. The molecule has 31 heavy (non-hydrogen) atoms. The molecule has 1 N–H and O–H groups in total. The Balaban J connectivity index is 3.98. The quantitative estimate of drug-likeness (QED) is 0.181. The van der Waals surface area contributed by atoms with Crippen LogP contribution < -0.4 is 0 Å². The molecule has 5 heteroatoms. The van der Waals surface area contributed by atoms with Crippen LogP contribution in [0.4, 0.5) is 0 Å². The molecule has 0 radical (unpaired) electrons. The van der Waals surface area contributed by atoms with E-state index in [4.69, 9.17) is 0 Å². The number of hydrogen-bond donors (Lipinski definition) is 1. The van der Waals surface area contributed by atoms with Gasteiger partial charge in [-0.3, -0.25) is 4.79 Å². The van der Waals surface area contributed by atoms with Gasteiger partial charge in [0.25, 0.3) is 0 Å². The molecular weight excluding hydrogens is 408 g/mol. The smallest absolute Gasteiger partial charge is 0.325 e. The SMILES string of the molecule is CC/C=C\C/C=C\C/C=C\C/C=C\C/C=C\CCCCS(=O)(=O)C(CC)(CC)C(=O)O. The third kappa shape index (κ3) is 11.9. The Morgan fingerprint density at radius 1 is 0.710 bits per heavy atom. The van der Waals surface area contributed by atoms with E-state index in [1.54, 1.807) is 13.8 Å². The van der Waals surface area contributed by atoms with Crippen molar-refractivity contribution in [2.75, 3.05) is 5.75 Å². The third-order valence-corrected chi connectivity index (χ3v) is 8.09. The second-order valence-electron chi connectivity index (χ2n) is 7.53. The summed E-state index contributed by atoms with van der Waals surface area (Å²) in [6.07, 6.45) is 28.6. The van der Waals surface area contributed by atoms with Crippen LogP contribution in [-0.2, 0) is 14.6 Å². The van der Waals surface area contributed by atoms with E-state index in [2.05, 4.69) is 67.7 Å². The zero-order valence-corrected chi connectivity index (χ0v) is 20.4. The second kappa shape index (κ2) is 17.8. The van der Waals surface area contributed by atoms with E-state index in [1.807, 2.05) is 0 Å². The minimum Gasteiger partial charge on any atom is -0.480 e. The highest BCUT2D eigenvalue weighted by atomic mass is 32.2. The minimum atomic E-state index is -3.65. The van der Waals surface area contributed by atoms with Crippen LogP contribution in [0, 0.1) is 0 Å². The summed E-state index contributed by atoms with van der Waals surface area (Å²) in [5.41, 5.74) is 0. The zero-order chi connectivity index (χ0) is 23.4. The molecule has 0 aromatic carbocycles. The van der Waals surface area contributed by atoms with Crippen molar-refractivity contribution < 1.29 is 18.3 Å². The topological polar surface area (TPSA) is 71.4 Å². The largest absolute Gasteiger partial charge is 0.480 e. The number of hydrogen-bond acceptors (Lipinski definition) is 3. The van der Waals surface area contributed by atoms with Crippen LogP contribution in [0.2, 0.25) is 0 Å². The van der Waals surface area contributed by atoms with Gasteiger partial charge in [0.05, 0.1) is 5.75 Å². The van der Waals surface area contributed by atoms with Crippen LogP contribution in [0.3, 0.4) is 0 Å². The van der Waals surface area contributed by atoms with Crippen LogP contribution in [0.1, 0.15) is 85.0 Å². The van der Waals surface area contributed by atoms with Crippen molar-refractivity contribution in [3.8, 4) is 0 Å². The summed E-state index contributed by atoms with van der Waals surface area (Å²) < 4.78 is 23.4. The minimum absolute atomic E-state index is 0.0638.